The Morgan fingerprint density at radius 3 is 2.69 bits per heavy atom. The van der Waals surface area contributed by atoms with Crippen molar-refractivity contribution in [3.05, 3.63) is 17.7 Å². The first-order valence-corrected chi connectivity index (χ1v) is 3.84. The van der Waals surface area contributed by atoms with E-state index in [1.807, 2.05) is 0 Å². The van der Waals surface area contributed by atoms with Crippen molar-refractivity contribution in [1.82, 2.24) is 15.2 Å². The Bertz CT molecular complexity index is 320. The highest BCUT2D eigenvalue weighted by Gasteiger charge is 2.23. The summed E-state index contributed by atoms with van der Waals surface area (Å²) in [5.41, 5.74) is 5.07. The Morgan fingerprint density at radius 1 is 1.54 bits per heavy atom. The van der Waals surface area contributed by atoms with Gasteiger partial charge in [-0.1, -0.05) is 0 Å². The average Bonchev–Trinajstić information content (AvgIpc) is 2.02. The van der Waals surface area contributed by atoms with Crippen LogP contribution in [-0.2, 0) is 4.74 Å². The molecule has 1 aliphatic rings. The van der Waals surface area contributed by atoms with Crippen LogP contribution in [0.5, 0.6) is 0 Å². The number of rotatable bonds is 2. The first kappa shape index (κ1) is 8.06. The quantitative estimate of drug-likeness (QED) is 0.635. The van der Waals surface area contributed by atoms with E-state index in [1.54, 1.807) is 0 Å². The maximum absolute atomic E-state index is 10.6. The molecule has 0 radical (unpaired) electrons. The summed E-state index contributed by atoms with van der Waals surface area (Å²) in [7, 11) is 0. The number of amides is 1. The number of nitrogens with two attached hydrogens (primary N) is 1. The molecule has 0 atom stereocenters. The topological polar surface area (TPSA) is 91.0 Å². The molecule has 1 aromatic rings. The molecule has 1 aromatic heterocycles. The summed E-state index contributed by atoms with van der Waals surface area (Å²) < 4.78 is 4.97. The zero-order chi connectivity index (χ0) is 9.26. The van der Waals surface area contributed by atoms with Crippen molar-refractivity contribution in [1.29, 1.82) is 0 Å². The van der Waals surface area contributed by atoms with Gasteiger partial charge in [0.15, 0.2) is 11.5 Å². The molecule has 6 heteroatoms. The summed E-state index contributed by atoms with van der Waals surface area (Å²) in [5, 5.41) is 7.42. The summed E-state index contributed by atoms with van der Waals surface area (Å²) in [5.74, 6) is 0.210. The van der Waals surface area contributed by atoms with Crippen molar-refractivity contribution in [2.45, 2.75) is 5.92 Å². The van der Waals surface area contributed by atoms with Crippen LogP contribution in [-0.4, -0.2) is 34.3 Å². The summed E-state index contributed by atoms with van der Waals surface area (Å²) in [6.07, 6.45) is 1.34. The normalized spacial score (nSPS) is 16.6. The van der Waals surface area contributed by atoms with Crippen LogP contribution < -0.4 is 5.73 Å². The SMILES string of the molecule is NC(=O)c1cnc(C2COC2)nn1. The number of hydrogen-bond donors (Lipinski definition) is 1. The molecule has 2 rings (SSSR count). The van der Waals surface area contributed by atoms with Crippen molar-refractivity contribution < 1.29 is 9.53 Å². The largest absolute Gasteiger partial charge is 0.380 e. The Balaban J connectivity index is 2.17. The van der Waals surface area contributed by atoms with Gasteiger partial charge in [-0.15, -0.1) is 10.2 Å². The molecule has 6 nitrogen and oxygen atoms in total. The number of ether oxygens (including phenoxy) is 1. The number of carbonyl (C=O) groups is 1. The maximum atomic E-state index is 10.6. The highest BCUT2D eigenvalue weighted by Crippen LogP contribution is 2.19. The molecule has 2 heterocycles. The Morgan fingerprint density at radius 2 is 2.31 bits per heavy atom. The third-order valence-electron chi connectivity index (χ3n) is 1.83. The fourth-order valence-electron chi connectivity index (χ4n) is 0.969. The summed E-state index contributed by atoms with van der Waals surface area (Å²) in [6.45, 7) is 1.25. The molecule has 68 valence electrons. The maximum Gasteiger partial charge on any atom is 0.270 e. The van der Waals surface area contributed by atoms with Crippen LogP contribution in [0.25, 0.3) is 0 Å². The lowest BCUT2D eigenvalue weighted by molar-refractivity contribution is 0.00441. The minimum Gasteiger partial charge on any atom is -0.380 e. The van der Waals surface area contributed by atoms with E-state index in [0.29, 0.717) is 19.0 Å². The average molecular weight is 180 g/mol. The van der Waals surface area contributed by atoms with Gasteiger partial charge in [0.25, 0.3) is 5.91 Å². The first-order valence-electron chi connectivity index (χ1n) is 3.84. The molecule has 0 aromatic carbocycles. The van der Waals surface area contributed by atoms with Gasteiger partial charge in [-0.2, -0.15) is 0 Å². The summed E-state index contributed by atoms with van der Waals surface area (Å²) in [6, 6.07) is 0. The second kappa shape index (κ2) is 3.06. The lowest BCUT2D eigenvalue weighted by Gasteiger charge is -2.23. The van der Waals surface area contributed by atoms with Gasteiger partial charge in [-0.05, 0) is 0 Å². The molecule has 0 saturated carbocycles. The van der Waals surface area contributed by atoms with Crippen LogP contribution >= 0.6 is 0 Å². The van der Waals surface area contributed by atoms with Gasteiger partial charge < -0.3 is 10.5 Å². The molecule has 13 heavy (non-hydrogen) atoms. The van der Waals surface area contributed by atoms with Crippen molar-refractivity contribution >= 4 is 5.91 Å². The zero-order valence-electron chi connectivity index (χ0n) is 6.80. The van der Waals surface area contributed by atoms with Gasteiger partial charge in [-0.3, -0.25) is 4.79 Å². The molecule has 0 bridgehead atoms. The minimum atomic E-state index is -0.614. The fourth-order valence-corrected chi connectivity index (χ4v) is 0.969. The van der Waals surface area contributed by atoms with Crippen molar-refractivity contribution in [3.8, 4) is 0 Å². The first-order chi connectivity index (χ1) is 6.27. The van der Waals surface area contributed by atoms with E-state index in [0.717, 1.165) is 0 Å². The lowest BCUT2D eigenvalue weighted by atomic mass is 10.1. The van der Waals surface area contributed by atoms with E-state index >= 15 is 0 Å². The van der Waals surface area contributed by atoms with Crippen LogP contribution in [0.2, 0.25) is 0 Å². The molecule has 1 aliphatic heterocycles. The van der Waals surface area contributed by atoms with Crippen molar-refractivity contribution in [2.24, 2.45) is 5.73 Å². The monoisotopic (exact) mass is 180 g/mol. The van der Waals surface area contributed by atoms with E-state index in [9.17, 15) is 4.79 Å². The number of carbonyl (C=O) groups excluding carboxylic acids is 1. The minimum absolute atomic E-state index is 0.0870. The molecule has 2 N–H and O–H groups in total. The molecule has 1 saturated heterocycles. The third-order valence-corrected chi connectivity index (χ3v) is 1.83. The highest BCUT2D eigenvalue weighted by atomic mass is 16.5. The van der Waals surface area contributed by atoms with Gasteiger partial charge in [-0.25, -0.2) is 4.98 Å². The van der Waals surface area contributed by atoms with E-state index in [1.165, 1.54) is 6.20 Å². The molecule has 1 amide bonds. The van der Waals surface area contributed by atoms with Gasteiger partial charge >= 0.3 is 0 Å². The number of hydrogen-bond acceptors (Lipinski definition) is 5. The molecule has 0 spiro atoms. The van der Waals surface area contributed by atoms with E-state index in [4.69, 9.17) is 10.5 Å². The number of nitrogens with zero attached hydrogens (tertiary/aromatic N) is 3. The molecule has 0 unspecified atom stereocenters. The lowest BCUT2D eigenvalue weighted by Crippen LogP contribution is -2.28. The number of aromatic nitrogens is 3. The van der Waals surface area contributed by atoms with Crippen LogP contribution in [0.4, 0.5) is 0 Å². The second-order valence-corrected chi connectivity index (χ2v) is 2.80. The van der Waals surface area contributed by atoms with Crippen LogP contribution in [0.3, 0.4) is 0 Å². The van der Waals surface area contributed by atoms with Gasteiger partial charge in [0, 0.05) is 0 Å². The van der Waals surface area contributed by atoms with Gasteiger partial charge in [0.2, 0.25) is 0 Å². The Kier molecular flexibility index (Phi) is 1.90. The summed E-state index contributed by atoms with van der Waals surface area (Å²) >= 11 is 0. The standard InChI is InChI=1S/C7H8N4O2/c8-6(12)5-1-9-7(11-10-5)4-2-13-3-4/h1,4H,2-3H2,(H2,8,12). The smallest absolute Gasteiger partial charge is 0.270 e. The van der Waals surface area contributed by atoms with Crippen LogP contribution in [0, 0.1) is 0 Å². The molecular weight excluding hydrogens is 172 g/mol. The van der Waals surface area contributed by atoms with Crippen LogP contribution in [0.15, 0.2) is 6.20 Å². The van der Waals surface area contributed by atoms with E-state index in [-0.39, 0.29) is 11.6 Å². The zero-order valence-corrected chi connectivity index (χ0v) is 6.80. The van der Waals surface area contributed by atoms with E-state index in [2.05, 4.69) is 15.2 Å². The molecule has 1 fully saturated rings. The fraction of sp³-hybridized carbons (Fsp3) is 0.429. The van der Waals surface area contributed by atoms with E-state index < -0.39 is 5.91 Å². The van der Waals surface area contributed by atoms with Crippen molar-refractivity contribution in [3.63, 3.8) is 0 Å². The summed E-state index contributed by atoms with van der Waals surface area (Å²) in [4.78, 5) is 14.6. The van der Waals surface area contributed by atoms with Gasteiger partial charge in [0.05, 0.1) is 25.3 Å². The van der Waals surface area contributed by atoms with Gasteiger partial charge in [0.1, 0.15) is 0 Å². The molecular formula is C7H8N4O2. The Labute approximate surface area is 74.1 Å². The third kappa shape index (κ3) is 1.48. The number of primary amides is 1. The second-order valence-electron chi connectivity index (χ2n) is 2.80. The highest BCUT2D eigenvalue weighted by molar-refractivity contribution is 5.90. The molecule has 0 aliphatic carbocycles. The van der Waals surface area contributed by atoms with Crippen LogP contribution in [0.1, 0.15) is 22.2 Å². The predicted octanol–water partition coefficient (Wildman–Crippen LogP) is -0.916. The Hall–Kier alpha value is -1.56. The van der Waals surface area contributed by atoms with Crippen molar-refractivity contribution in [2.75, 3.05) is 13.2 Å². The predicted molar refractivity (Wildman–Crippen MR) is 41.9 cm³/mol.